The van der Waals surface area contributed by atoms with Crippen molar-refractivity contribution in [2.75, 3.05) is 0 Å². The smallest absolute Gasteiger partial charge is 0.226 e. The lowest BCUT2D eigenvalue weighted by molar-refractivity contribution is 0.408. The molecule has 2 aromatic heterocycles. The van der Waals surface area contributed by atoms with Gasteiger partial charge in [0.25, 0.3) is 0 Å². The Labute approximate surface area is 100 Å². The van der Waals surface area contributed by atoms with Crippen LogP contribution in [0.3, 0.4) is 0 Å². The lowest BCUT2D eigenvalue weighted by Crippen LogP contribution is -2.08. The molecule has 2 aromatic rings. The summed E-state index contributed by atoms with van der Waals surface area (Å²) in [6, 6.07) is 5.50. The predicted octanol–water partition coefficient (Wildman–Crippen LogP) is 1.94. The molecule has 90 valence electrons. The van der Waals surface area contributed by atoms with E-state index in [0.717, 1.165) is 11.3 Å². The van der Waals surface area contributed by atoms with Crippen LogP contribution in [0.2, 0.25) is 0 Å². The Morgan fingerprint density at radius 1 is 1.47 bits per heavy atom. The zero-order valence-corrected chi connectivity index (χ0v) is 10.2. The molecule has 17 heavy (non-hydrogen) atoms. The van der Waals surface area contributed by atoms with Crippen molar-refractivity contribution in [3.63, 3.8) is 0 Å². The van der Waals surface area contributed by atoms with Crippen LogP contribution in [-0.2, 0) is 7.05 Å². The van der Waals surface area contributed by atoms with Crippen molar-refractivity contribution in [1.82, 2.24) is 14.8 Å². The molecule has 0 aliphatic rings. The standard InChI is InChI=1S/C12H16N4O/c1-8-7-11(16(3)15-8)17-12-10(9(2)13)5-4-6-14-12/h4-7,9H,13H2,1-3H3. The van der Waals surface area contributed by atoms with E-state index in [4.69, 9.17) is 10.5 Å². The first-order valence-electron chi connectivity index (χ1n) is 5.47. The highest BCUT2D eigenvalue weighted by atomic mass is 16.5. The van der Waals surface area contributed by atoms with Crippen molar-refractivity contribution in [2.45, 2.75) is 19.9 Å². The number of nitrogens with two attached hydrogens (primary N) is 1. The lowest BCUT2D eigenvalue weighted by Gasteiger charge is -2.11. The minimum absolute atomic E-state index is 0.118. The molecule has 0 saturated carbocycles. The van der Waals surface area contributed by atoms with E-state index in [2.05, 4.69) is 10.1 Å². The number of aryl methyl sites for hydroxylation is 2. The molecule has 0 fully saturated rings. The van der Waals surface area contributed by atoms with Gasteiger partial charge in [-0.1, -0.05) is 6.07 Å². The SMILES string of the molecule is Cc1cc(Oc2ncccc2C(C)N)n(C)n1. The number of hydrogen-bond donors (Lipinski definition) is 1. The molecule has 0 bridgehead atoms. The molecule has 0 aliphatic heterocycles. The Kier molecular flexibility index (Phi) is 3.10. The van der Waals surface area contributed by atoms with Gasteiger partial charge in [-0.2, -0.15) is 5.10 Å². The monoisotopic (exact) mass is 232 g/mol. The summed E-state index contributed by atoms with van der Waals surface area (Å²) in [5, 5.41) is 4.21. The van der Waals surface area contributed by atoms with E-state index in [-0.39, 0.29) is 6.04 Å². The van der Waals surface area contributed by atoms with Crippen molar-refractivity contribution >= 4 is 0 Å². The van der Waals surface area contributed by atoms with Gasteiger partial charge in [-0.3, -0.25) is 0 Å². The molecule has 2 heterocycles. The molecule has 0 spiro atoms. The van der Waals surface area contributed by atoms with Gasteiger partial charge >= 0.3 is 0 Å². The summed E-state index contributed by atoms with van der Waals surface area (Å²) in [6.07, 6.45) is 1.68. The molecule has 5 heteroatoms. The Hall–Kier alpha value is -1.88. The Bertz CT molecular complexity index is 519. The van der Waals surface area contributed by atoms with E-state index in [9.17, 15) is 0 Å². The molecule has 0 radical (unpaired) electrons. The summed E-state index contributed by atoms with van der Waals surface area (Å²) in [6.45, 7) is 3.82. The van der Waals surface area contributed by atoms with Crippen LogP contribution in [0.1, 0.15) is 24.2 Å². The van der Waals surface area contributed by atoms with Crippen LogP contribution in [0.5, 0.6) is 11.8 Å². The molecule has 0 amide bonds. The molecular weight excluding hydrogens is 216 g/mol. The second-order valence-electron chi connectivity index (χ2n) is 4.04. The summed E-state index contributed by atoms with van der Waals surface area (Å²) in [4.78, 5) is 4.20. The molecule has 0 aromatic carbocycles. The van der Waals surface area contributed by atoms with Crippen LogP contribution >= 0.6 is 0 Å². The van der Waals surface area contributed by atoms with Crippen molar-refractivity contribution in [3.05, 3.63) is 35.7 Å². The molecule has 5 nitrogen and oxygen atoms in total. The van der Waals surface area contributed by atoms with Crippen molar-refractivity contribution in [3.8, 4) is 11.8 Å². The van der Waals surface area contributed by atoms with Gasteiger partial charge in [-0.15, -0.1) is 0 Å². The highest BCUT2D eigenvalue weighted by Crippen LogP contribution is 2.26. The third-order valence-corrected chi connectivity index (χ3v) is 2.45. The van der Waals surface area contributed by atoms with Gasteiger partial charge in [0.2, 0.25) is 11.8 Å². The predicted molar refractivity (Wildman–Crippen MR) is 64.9 cm³/mol. The molecule has 2 N–H and O–H groups in total. The van der Waals surface area contributed by atoms with E-state index in [1.165, 1.54) is 0 Å². The van der Waals surface area contributed by atoms with Gasteiger partial charge in [-0.25, -0.2) is 9.67 Å². The van der Waals surface area contributed by atoms with Crippen LogP contribution in [-0.4, -0.2) is 14.8 Å². The van der Waals surface area contributed by atoms with E-state index >= 15 is 0 Å². The summed E-state index contributed by atoms with van der Waals surface area (Å²) in [7, 11) is 1.83. The highest BCUT2D eigenvalue weighted by Gasteiger charge is 2.12. The third-order valence-electron chi connectivity index (χ3n) is 2.45. The first kappa shape index (κ1) is 11.6. The lowest BCUT2D eigenvalue weighted by atomic mass is 10.1. The first-order valence-corrected chi connectivity index (χ1v) is 5.47. The Morgan fingerprint density at radius 2 is 2.24 bits per heavy atom. The average molecular weight is 232 g/mol. The number of pyridine rings is 1. The van der Waals surface area contributed by atoms with Crippen LogP contribution in [0.15, 0.2) is 24.4 Å². The zero-order valence-electron chi connectivity index (χ0n) is 10.2. The number of aromatic nitrogens is 3. The topological polar surface area (TPSA) is 66.0 Å². The molecule has 0 saturated heterocycles. The largest absolute Gasteiger partial charge is 0.421 e. The van der Waals surface area contributed by atoms with Crippen molar-refractivity contribution in [2.24, 2.45) is 12.8 Å². The van der Waals surface area contributed by atoms with E-state index in [1.54, 1.807) is 10.9 Å². The maximum absolute atomic E-state index is 5.87. The number of rotatable bonds is 3. The summed E-state index contributed by atoms with van der Waals surface area (Å²) in [5.41, 5.74) is 7.65. The molecular formula is C12H16N4O. The van der Waals surface area contributed by atoms with E-state index < -0.39 is 0 Å². The second kappa shape index (κ2) is 4.55. The fourth-order valence-electron chi connectivity index (χ4n) is 1.62. The third kappa shape index (κ3) is 2.45. The Balaban J connectivity index is 2.33. The minimum atomic E-state index is -0.118. The Morgan fingerprint density at radius 3 is 2.82 bits per heavy atom. The van der Waals surface area contributed by atoms with Crippen molar-refractivity contribution < 1.29 is 4.74 Å². The van der Waals surface area contributed by atoms with Gasteiger partial charge in [0.05, 0.1) is 5.69 Å². The van der Waals surface area contributed by atoms with Crippen LogP contribution in [0.25, 0.3) is 0 Å². The zero-order chi connectivity index (χ0) is 12.4. The minimum Gasteiger partial charge on any atom is -0.421 e. The number of hydrogen-bond acceptors (Lipinski definition) is 4. The fraction of sp³-hybridized carbons (Fsp3) is 0.333. The van der Waals surface area contributed by atoms with Crippen LogP contribution in [0, 0.1) is 6.92 Å². The van der Waals surface area contributed by atoms with E-state index in [1.807, 2.05) is 39.1 Å². The van der Waals surface area contributed by atoms with Crippen molar-refractivity contribution in [1.29, 1.82) is 0 Å². The van der Waals surface area contributed by atoms with Crippen LogP contribution < -0.4 is 10.5 Å². The van der Waals surface area contributed by atoms with Gasteiger partial charge in [0.15, 0.2) is 0 Å². The summed E-state index contributed by atoms with van der Waals surface area (Å²) in [5.74, 6) is 1.19. The molecule has 2 rings (SSSR count). The van der Waals surface area contributed by atoms with Gasteiger partial charge in [0.1, 0.15) is 0 Å². The number of ether oxygens (including phenoxy) is 1. The quantitative estimate of drug-likeness (QED) is 0.878. The van der Waals surface area contributed by atoms with Gasteiger partial charge in [0, 0.05) is 30.9 Å². The first-order chi connectivity index (χ1) is 8.08. The average Bonchev–Trinajstić information content (AvgIpc) is 2.58. The number of nitrogens with zero attached hydrogens (tertiary/aromatic N) is 3. The normalized spacial score (nSPS) is 12.5. The fourth-order valence-corrected chi connectivity index (χ4v) is 1.62. The van der Waals surface area contributed by atoms with E-state index in [0.29, 0.717) is 11.8 Å². The summed E-state index contributed by atoms with van der Waals surface area (Å²) < 4.78 is 7.41. The maximum Gasteiger partial charge on any atom is 0.226 e. The summed E-state index contributed by atoms with van der Waals surface area (Å²) >= 11 is 0. The maximum atomic E-state index is 5.87. The molecule has 0 aliphatic carbocycles. The van der Waals surface area contributed by atoms with Crippen LogP contribution in [0.4, 0.5) is 0 Å². The molecule has 1 atom stereocenters. The second-order valence-corrected chi connectivity index (χ2v) is 4.04. The van der Waals surface area contributed by atoms with Gasteiger partial charge < -0.3 is 10.5 Å². The molecule has 1 unspecified atom stereocenters. The van der Waals surface area contributed by atoms with Gasteiger partial charge in [-0.05, 0) is 19.9 Å². The highest BCUT2D eigenvalue weighted by molar-refractivity contribution is 5.31.